The number of thiophene rings is 1. The summed E-state index contributed by atoms with van der Waals surface area (Å²) in [6.07, 6.45) is 3.47. The number of nitrogens with zero attached hydrogens (tertiary/aromatic N) is 3. The fraction of sp³-hybridized carbons (Fsp3) is 0.533. The van der Waals surface area contributed by atoms with Gasteiger partial charge in [0, 0.05) is 20.2 Å². The summed E-state index contributed by atoms with van der Waals surface area (Å²) in [6, 6.07) is 0.0434. The van der Waals surface area contributed by atoms with E-state index in [0.29, 0.717) is 23.4 Å². The maximum atomic E-state index is 12.8. The summed E-state index contributed by atoms with van der Waals surface area (Å²) >= 11 is 1.41. The van der Waals surface area contributed by atoms with Crippen molar-refractivity contribution in [1.82, 2.24) is 14.6 Å². The molecule has 1 N–H and O–H groups in total. The Balaban J connectivity index is 2.31. The number of nitrogens with one attached hydrogen (secondary N) is 1. The van der Waals surface area contributed by atoms with E-state index < -0.39 is 0 Å². The maximum Gasteiger partial charge on any atom is 0.332 e. The summed E-state index contributed by atoms with van der Waals surface area (Å²) in [4.78, 5) is 27.2. The van der Waals surface area contributed by atoms with E-state index in [1.165, 1.54) is 15.9 Å². The van der Waals surface area contributed by atoms with Gasteiger partial charge in [0.1, 0.15) is 4.83 Å². The molecule has 0 atom stereocenters. The largest absolute Gasteiger partial charge is 0.383 e. The Bertz CT molecular complexity index is 873. The van der Waals surface area contributed by atoms with Gasteiger partial charge in [-0.15, -0.1) is 11.3 Å². The highest BCUT2D eigenvalue weighted by Crippen LogP contribution is 2.34. The third-order valence-electron chi connectivity index (χ3n) is 4.02. The number of aryl methyl sites for hydroxylation is 1. The molecule has 0 aromatic carbocycles. The van der Waals surface area contributed by atoms with Crippen LogP contribution in [0.1, 0.15) is 29.3 Å². The van der Waals surface area contributed by atoms with E-state index >= 15 is 0 Å². The molecule has 2 aromatic heterocycles. The van der Waals surface area contributed by atoms with Crippen molar-refractivity contribution in [1.29, 1.82) is 0 Å². The van der Waals surface area contributed by atoms with Crippen molar-refractivity contribution in [3.05, 3.63) is 31.3 Å². The summed E-state index contributed by atoms with van der Waals surface area (Å²) in [7, 11) is 3.32. The first-order valence-corrected chi connectivity index (χ1v) is 8.39. The van der Waals surface area contributed by atoms with Gasteiger partial charge >= 0.3 is 5.69 Å². The highest BCUT2D eigenvalue weighted by Gasteiger charge is 2.30. The average Bonchev–Trinajstić information content (AvgIpc) is 3.30. The molecule has 1 fully saturated rings. The topological polar surface area (TPSA) is 77.6 Å². The molecule has 23 heavy (non-hydrogen) atoms. The van der Waals surface area contributed by atoms with Crippen LogP contribution < -0.4 is 16.7 Å². The van der Waals surface area contributed by atoms with Crippen LogP contribution in [0.25, 0.3) is 10.2 Å². The Kier molecular flexibility index (Phi) is 4.36. The van der Waals surface area contributed by atoms with Crippen LogP contribution >= 0.6 is 11.3 Å². The third-order valence-corrected chi connectivity index (χ3v) is 5.27. The van der Waals surface area contributed by atoms with Crippen LogP contribution in [0.15, 0.2) is 14.7 Å². The number of rotatable bonds is 6. The summed E-state index contributed by atoms with van der Waals surface area (Å²) in [5.74, 6) is 0. The molecule has 0 radical (unpaired) electrons. The van der Waals surface area contributed by atoms with Gasteiger partial charge in [-0.2, -0.15) is 5.10 Å². The van der Waals surface area contributed by atoms with Crippen LogP contribution in [-0.4, -0.2) is 36.1 Å². The van der Waals surface area contributed by atoms with E-state index in [0.717, 1.165) is 23.3 Å². The minimum absolute atomic E-state index is 0.0434. The van der Waals surface area contributed by atoms with Crippen LogP contribution in [0.4, 0.5) is 0 Å². The van der Waals surface area contributed by atoms with Gasteiger partial charge in [0.2, 0.25) is 0 Å². The fourth-order valence-electron chi connectivity index (χ4n) is 2.66. The van der Waals surface area contributed by atoms with Crippen LogP contribution in [0.5, 0.6) is 0 Å². The van der Waals surface area contributed by atoms with Crippen LogP contribution in [0.2, 0.25) is 0 Å². The van der Waals surface area contributed by atoms with Gasteiger partial charge in [-0.25, -0.2) is 4.79 Å². The lowest BCUT2D eigenvalue weighted by Gasteiger charge is -2.11. The standard InChI is InChI=1S/C15H20N4O3S/c1-9-11(8-17-16-2)23-14-12(9)13(20)19(10-4-5-10)15(21)18(14)6-7-22-3/h8,10,16H,4-7H2,1-3H3/b17-8+. The molecular formula is C15H20N4O3S. The van der Waals surface area contributed by atoms with Crippen molar-refractivity contribution in [2.45, 2.75) is 32.4 Å². The van der Waals surface area contributed by atoms with E-state index in [4.69, 9.17) is 4.74 Å². The van der Waals surface area contributed by atoms with E-state index in [1.807, 2.05) is 6.92 Å². The number of hydrogen-bond donors (Lipinski definition) is 1. The van der Waals surface area contributed by atoms with E-state index in [2.05, 4.69) is 10.5 Å². The molecule has 1 saturated carbocycles. The number of aromatic nitrogens is 2. The third kappa shape index (κ3) is 2.72. The van der Waals surface area contributed by atoms with E-state index in [-0.39, 0.29) is 17.3 Å². The highest BCUT2D eigenvalue weighted by molar-refractivity contribution is 7.20. The van der Waals surface area contributed by atoms with Gasteiger partial charge in [0.25, 0.3) is 5.56 Å². The molecule has 0 amide bonds. The first-order valence-electron chi connectivity index (χ1n) is 7.57. The molecule has 8 heteroatoms. The van der Waals surface area contributed by atoms with Crippen molar-refractivity contribution in [2.75, 3.05) is 20.8 Å². The zero-order valence-electron chi connectivity index (χ0n) is 13.5. The quantitative estimate of drug-likeness (QED) is 0.632. The molecule has 3 rings (SSSR count). The lowest BCUT2D eigenvalue weighted by molar-refractivity contribution is 0.186. The first kappa shape index (κ1) is 15.9. The van der Waals surface area contributed by atoms with Crippen molar-refractivity contribution in [3.63, 3.8) is 0 Å². The second-order valence-corrected chi connectivity index (χ2v) is 6.62. The Labute approximate surface area is 137 Å². The number of hydrazone groups is 1. The molecule has 1 aliphatic carbocycles. The van der Waals surface area contributed by atoms with Crippen LogP contribution in [-0.2, 0) is 11.3 Å². The van der Waals surface area contributed by atoms with Gasteiger partial charge in [0.05, 0.1) is 29.6 Å². The molecular weight excluding hydrogens is 316 g/mol. The normalized spacial score (nSPS) is 14.9. The molecule has 2 aromatic rings. The maximum absolute atomic E-state index is 12.8. The van der Waals surface area contributed by atoms with Crippen molar-refractivity contribution >= 4 is 27.8 Å². The second-order valence-electron chi connectivity index (χ2n) is 5.59. The molecule has 0 unspecified atom stereocenters. The predicted molar refractivity (Wildman–Crippen MR) is 91.9 cm³/mol. The Morgan fingerprint density at radius 1 is 1.43 bits per heavy atom. The lowest BCUT2D eigenvalue weighted by Crippen LogP contribution is -2.39. The zero-order chi connectivity index (χ0) is 16.6. The fourth-order valence-corrected chi connectivity index (χ4v) is 3.85. The van der Waals surface area contributed by atoms with E-state index in [1.54, 1.807) is 24.9 Å². The number of hydrogen-bond acceptors (Lipinski definition) is 6. The predicted octanol–water partition coefficient (Wildman–Crippen LogP) is 1.07. The highest BCUT2D eigenvalue weighted by atomic mass is 32.1. The van der Waals surface area contributed by atoms with E-state index in [9.17, 15) is 9.59 Å². The molecule has 0 aliphatic heterocycles. The lowest BCUT2D eigenvalue weighted by atomic mass is 10.2. The Morgan fingerprint density at radius 3 is 2.78 bits per heavy atom. The molecule has 2 heterocycles. The minimum Gasteiger partial charge on any atom is -0.383 e. The van der Waals surface area contributed by atoms with Crippen molar-refractivity contribution in [2.24, 2.45) is 5.10 Å². The van der Waals surface area contributed by atoms with Crippen LogP contribution in [0, 0.1) is 6.92 Å². The monoisotopic (exact) mass is 336 g/mol. The molecule has 124 valence electrons. The number of methoxy groups -OCH3 is 1. The first-order chi connectivity index (χ1) is 11.1. The van der Waals surface area contributed by atoms with Crippen molar-refractivity contribution < 1.29 is 4.74 Å². The van der Waals surface area contributed by atoms with Gasteiger partial charge < -0.3 is 10.2 Å². The molecule has 0 bridgehead atoms. The van der Waals surface area contributed by atoms with Gasteiger partial charge in [-0.1, -0.05) is 0 Å². The average molecular weight is 336 g/mol. The summed E-state index contributed by atoms with van der Waals surface area (Å²) in [6.45, 7) is 2.76. The van der Waals surface area contributed by atoms with Gasteiger partial charge in [-0.05, 0) is 25.3 Å². The summed E-state index contributed by atoms with van der Waals surface area (Å²) in [5, 5.41) is 4.65. The zero-order valence-corrected chi connectivity index (χ0v) is 14.3. The van der Waals surface area contributed by atoms with Crippen LogP contribution in [0.3, 0.4) is 0 Å². The number of fused-ring (bicyclic) bond motifs is 1. The SMILES string of the molecule is CN/N=C/c1sc2c(c1C)c(=O)n(C1CC1)c(=O)n2CCOC. The Morgan fingerprint density at radius 2 is 2.17 bits per heavy atom. The van der Waals surface area contributed by atoms with Gasteiger partial charge in [0.15, 0.2) is 0 Å². The molecule has 1 aliphatic rings. The smallest absolute Gasteiger partial charge is 0.332 e. The Hall–Kier alpha value is -1.93. The summed E-state index contributed by atoms with van der Waals surface area (Å²) in [5.41, 5.74) is 3.16. The van der Waals surface area contributed by atoms with Gasteiger partial charge in [-0.3, -0.25) is 13.9 Å². The molecule has 0 spiro atoms. The van der Waals surface area contributed by atoms with Crippen molar-refractivity contribution in [3.8, 4) is 0 Å². The summed E-state index contributed by atoms with van der Waals surface area (Å²) < 4.78 is 8.19. The number of ether oxygens (including phenoxy) is 1. The molecule has 0 saturated heterocycles. The second kappa shape index (κ2) is 6.29. The molecule has 7 nitrogen and oxygen atoms in total. The minimum atomic E-state index is -0.236.